The van der Waals surface area contributed by atoms with Gasteiger partial charge in [-0.3, -0.25) is 0 Å². The van der Waals surface area contributed by atoms with Gasteiger partial charge in [0.05, 0.1) is 7.85 Å². The van der Waals surface area contributed by atoms with E-state index in [1.165, 1.54) is 44.9 Å². The van der Waals surface area contributed by atoms with Crippen molar-refractivity contribution in [2.45, 2.75) is 57.7 Å². The minimum Gasteiger partial charge on any atom is -0.0771 e. The molecule has 0 aromatic rings. The number of rotatable bonds is 4. The summed E-state index contributed by atoms with van der Waals surface area (Å²) < 4.78 is 0. The second-order valence-corrected chi connectivity index (χ2v) is 3.93. The van der Waals surface area contributed by atoms with E-state index in [0.29, 0.717) is 5.82 Å². The van der Waals surface area contributed by atoms with Crippen LogP contribution in [0.15, 0.2) is 0 Å². The van der Waals surface area contributed by atoms with Gasteiger partial charge in [-0.2, -0.15) is 0 Å². The molecule has 1 saturated carbocycles. The summed E-state index contributed by atoms with van der Waals surface area (Å²) in [4.78, 5) is 0. The van der Waals surface area contributed by atoms with Gasteiger partial charge in [-0.1, -0.05) is 57.7 Å². The van der Waals surface area contributed by atoms with Crippen molar-refractivity contribution in [3.05, 3.63) is 0 Å². The van der Waals surface area contributed by atoms with Gasteiger partial charge in [0.1, 0.15) is 0 Å². The van der Waals surface area contributed by atoms with Gasteiger partial charge in [-0.25, -0.2) is 0 Å². The monoisotopic (exact) mass is 150 g/mol. The molecule has 1 aliphatic carbocycles. The molecular formula is C10H19B. The Morgan fingerprint density at radius 1 is 1.27 bits per heavy atom. The van der Waals surface area contributed by atoms with Crippen molar-refractivity contribution >= 4 is 7.85 Å². The highest BCUT2D eigenvalue weighted by Gasteiger charge is 2.19. The Morgan fingerprint density at radius 3 is 2.64 bits per heavy atom. The fraction of sp³-hybridized carbons (Fsp3) is 1.00. The molecule has 2 atom stereocenters. The first-order valence-electron chi connectivity index (χ1n) is 5.08. The lowest BCUT2D eigenvalue weighted by atomic mass is 9.85. The van der Waals surface area contributed by atoms with Crippen LogP contribution in [0.2, 0.25) is 5.82 Å². The summed E-state index contributed by atoms with van der Waals surface area (Å²) in [6.07, 6.45) is 9.57. The van der Waals surface area contributed by atoms with Crippen molar-refractivity contribution < 1.29 is 0 Å². The molecular weight excluding hydrogens is 131 g/mol. The molecule has 0 amide bonds. The van der Waals surface area contributed by atoms with Gasteiger partial charge in [0.2, 0.25) is 0 Å². The van der Waals surface area contributed by atoms with Crippen LogP contribution in [0.3, 0.4) is 0 Å². The molecule has 1 rings (SSSR count). The summed E-state index contributed by atoms with van der Waals surface area (Å²) in [6, 6.07) is 0. The summed E-state index contributed by atoms with van der Waals surface area (Å²) >= 11 is 0. The third-order valence-corrected chi connectivity index (χ3v) is 2.80. The van der Waals surface area contributed by atoms with E-state index in [-0.39, 0.29) is 0 Å². The molecule has 2 radical (unpaired) electrons. The zero-order valence-corrected chi connectivity index (χ0v) is 7.68. The molecule has 0 aromatic carbocycles. The van der Waals surface area contributed by atoms with Crippen molar-refractivity contribution in [1.82, 2.24) is 0 Å². The average molecular weight is 150 g/mol. The second-order valence-electron chi connectivity index (χ2n) is 3.93. The highest BCUT2D eigenvalue weighted by Crippen LogP contribution is 2.35. The molecule has 11 heavy (non-hydrogen) atoms. The van der Waals surface area contributed by atoms with Crippen LogP contribution in [0.25, 0.3) is 0 Å². The zero-order valence-electron chi connectivity index (χ0n) is 7.68. The van der Waals surface area contributed by atoms with Crippen molar-refractivity contribution in [2.75, 3.05) is 0 Å². The molecule has 62 valence electrons. The van der Waals surface area contributed by atoms with E-state index in [1.807, 2.05) is 0 Å². The molecule has 0 bridgehead atoms. The lowest BCUT2D eigenvalue weighted by Gasteiger charge is -2.07. The maximum Gasteiger partial charge on any atom is 0.0699 e. The maximum absolute atomic E-state index is 5.83. The highest BCUT2D eigenvalue weighted by atomic mass is 14.2. The van der Waals surface area contributed by atoms with Crippen LogP contribution in [0, 0.1) is 5.92 Å². The second kappa shape index (κ2) is 4.85. The van der Waals surface area contributed by atoms with E-state index in [4.69, 9.17) is 7.85 Å². The third kappa shape index (κ3) is 3.31. The lowest BCUT2D eigenvalue weighted by Crippen LogP contribution is -1.93. The zero-order chi connectivity index (χ0) is 8.10. The molecule has 0 saturated heterocycles. The predicted octanol–water partition coefficient (Wildman–Crippen LogP) is 3.32. The minimum atomic E-state index is 0.529. The van der Waals surface area contributed by atoms with Gasteiger partial charge in [-0.05, 0) is 5.92 Å². The van der Waals surface area contributed by atoms with Gasteiger partial charge in [0.25, 0.3) is 0 Å². The van der Waals surface area contributed by atoms with Crippen molar-refractivity contribution in [2.24, 2.45) is 5.92 Å². The van der Waals surface area contributed by atoms with Crippen molar-refractivity contribution in [3.8, 4) is 0 Å². The molecule has 1 fully saturated rings. The molecule has 0 aromatic heterocycles. The largest absolute Gasteiger partial charge is 0.0771 e. The molecule has 1 aliphatic rings. The van der Waals surface area contributed by atoms with Crippen LogP contribution >= 0.6 is 0 Å². The van der Waals surface area contributed by atoms with Crippen LogP contribution in [0.4, 0.5) is 0 Å². The van der Waals surface area contributed by atoms with Gasteiger partial charge >= 0.3 is 0 Å². The molecule has 0 aliphatic heterocycles. The quantitative estimate of drug-likeness (QED) is 0.426. The van der Waals surface area contributed by atoms with Gasteiger partial charge in [0.15, 0.2) is 0 Å². The standard InChI is InChI=1S/C10H19B/c1-2-3-4-5-9-6-7-10(11)8-9/h9-10H,2-8H2,1H3. The molecule has 1 heteroatoms. The van der Waals surface area contributed by atoms with Crippen LogP contribution in [-0.4, -0.2) is 7.85 Å². The molecule has 2 unspecified atom stereocenters. The first kappa shape index (κ1) is 9.16. The van der Waals surface area contributed by atoms with Gasteiger partial charge in [0, 0.05) is 0 Å². The molecule has 0 spiro atoms. The SMILES string of the molecule is [B]C1CCC(CCCCC)C1. The summed E-state index contributed by atoms with van der Waals surface area (Å²) in [7, 11) is 5.83. The van der Waals surface area contributed by atoms with Gasteiger partial charge < -0.3 is 0 Å². The Kier molecular flexibility index (Phi) is 4.03. The Labute approximate surface area is 72.2 Å². The van der Waals surface area contributed by atoms with Crippen LogP contribution in [-0.2, 0) is 0 Å². The molecule has 0 N–H and O–H groups in total. The van der Waals surface area contributed by atoms with Crippen molar-refractivity contribution in [3.63, 3.8) is 0 Å². The van der Waals surface area contributed by atoms with Gasteiger partial charge in [-0.15, -0.1) is 0 Å². The third-order valence-electron chi connectivity index (χ3n) is 2.80. The minimum absolute atomic E-state index is 0.529. The van der Waals surface area contributed by atoms with Crippen LogP contribution in [0.5, 0.6) is 0 Å². The summed E-state index contributed by atoms with van der Waals surface area (Å²) in [5, 5.41) is 0. The number of hydrogen-bond donors (Lipinski definition) is 0. The normalized spacial score (nSPS) is 31.0. The summed E-state index contributed by atoms with van der Waals surface area (Å²) in [6.45, 7) is 2.26. The van der Waals surface area contributed by atoms with Crippen LogP contribution < -0.4 is 0 Å². The summed E-state index contributed by atoms with van der Waals surface area (Å²) in [5.41, 5.74) is 0. The maximum atomic E-state index is 5.83. The van der Waals surface area contributed by atoms with Crippen LogP contribution in [0.1, 0.15) is 51.9 Å². The van der Waals surface area contributed by atoms with E-state index in [2.05, 4.69) is 6.92 Å². The Hall–Kier alpha value is 0.0649. The van der Waals surface area contributed by atoms with Crippen molar-refractivity contribution in [1.29, 1.82) is 0 Å². The van der Waals surface area contributed by atoms with E-state index < -0.39 is 0 Å². The summed E-state index contributed by atoms with van der Waals surface area (Å²) in [5.74, 6) is 1.50. The predicted molar refractivity (Wildman–Crippen MR) is 51.0 cm³/mol. The number of unbranched alkanes of at least 4 members (excludes halogenated alkanes) is 2. The first-order valence-corrected chi connectivity index (χ1v) is 5.08. The average Bonchev–Trinajstić information content (AvgIpc) is 2.37. The van der Waals surface area contributed by atoms with E-state index in [9.17, 15) is 0 Å². The first-order chi connectivity index (χ1) is 5.33. The Bertz CT molecular complexity index is 101. The number of hydrogen-bond acceptors (Lipinski definition) is 0. The fourth-order valence-electron chi connectivity index (χ4n) is 2.06. The Balaban J connectivity index is 1.99. The van der Waals surface area contributed by atoms with E-state index in [1.54, 1.807) is 0 Å². The highest BCUT2D eigenvalue weighted by molar-refractivity contribution is 6.11. The molecule has 0 heterocycles. The smallest absolute Gasteiger partial charge is 0.0699 e. The Morgan fingerprint density at radius 2 is 2.09 bits per heavy atom. The lowest BCUT2D eigenvalue weighted by molar-refractivity contribution is 0.472. The topological polar surface area (TPSA) is 0 Å². The van der Waals surface area contributed by atoms with E-state index >= 15 is 0 Å². The molecule has 0 nitrogen and oxygen atoms in total. The fourth-order valence-corrected chi connectivity index (χ4v) is 2.06. The van der Waals surface area contributed by atoms with E-state index in [0.717, 1.165) is 5.92 Å².